The molecule has 0 fully saturated rings. The number of benzene rings is 2. The maximum absolute atomic E-state index is 13.4. The molecule has 0 spiro atoms. The molecule has 140 valence electrons. The highest BCUT2D eigenvalue weighted by atomic mass is 35.5. The van der Waals surface area contributed by atoms with Crippen molar-refractivity contribution < 1.29 is 18.9 Å². The smallest absolute Gasteiger partial charge is 0.288 e. The minimum atomic E-state index is -0.652. The van der Waals surface area contributed by atoms with Crippen molar-refractivity contribution in [3.63, 3.8) is 0 Å². The number of carbonyl (C=O) groups is 2. The highest BCUT2D eigenvalue weighted by Gasteiger charge is 2.12. The van der Waals surface area contributed by atoms with Gasteiger partial charge in [-0.2, -0.15) is 5.10 Å². The molecule has 2 rings (SSSR count). The molecule has 8 nitrogen and oxygen atoms in total. The summed E-state index contributed by atoms with van der Waals surface area (Å²) in [4.78, 5) is 33.6. The molecule has 0 aliphatic rings. The lowest BCUT2D eigenvalue weighted by atomic mass is 10.2. The van der Waals surface area contributed by atoms with Crippen LogP contribution in [-0.4, -0.2) is 29.5 Å². The highest BCUT2D eigenvalue weighted by molar-refractivity contribution is 6.32. The van der Waals surface area contributed by atoms with Crippen LogP contribution in [-0.2, 0) is 4.79 Å². The van der Waals surface area contributed by atoms with E-state index in [9.17, 15) is 24.1 Å². The number of hydrazone groups is 1. The Labute approximate surface area is 158 Å². The molecule has 2 aromatic carbocycles. The summed E-state index contributed by atoms with van der Waals surface area (Å²) in [5.74, 6) is -1.78. The molecule has 0 saturated heterocycles. The molecule has 0 heterocycles. The fourth-order valence-corrected chi connectivity index (χ4v) is 2.20. The van der Waals surface area contributed by atoms with Crippen molar-refractivity contribution >= 4 is 35.3 Å². The number of nitro groups is 1. The van der Waals surface area contributed by atoms with Gasteiger partial charge in [0.25, 0.3) is 11.6 Å². The van der Waals surface area contributed by atoms with Crippen molar-refractivity contribution in [3.05, 3.63) is 74.5 Å². The summed E-state index contributed by atoms with van der Waals surface area (Å²) in [7, 11) is 0. The summed E-state index contributed by atoms with van der Waals surface area (Å²) in [5, 5.41) is 16.9. The summed E-state index contributed by atoms with van der Waals surface area (Å²) in [5.41, 5.74) is 2.21. The Hall–Kier alpha value is -3.33. The molecule has 2 N–H and O–H groups in total. The number of hydrogen-bond donors (Lipinski definition) is 2. The van der Waals surface area contributed by atoms with E-state index in [-0.39, 0.29) is 29.2 Å². The first-order chi connectivity index (χ1) is 12.9. The summed E-state index contributed by atoms with van der Waals surface area (Å²) in [6, 6.07) is 9.55. The van der Waals surface area contributed by atoms with Gasteiger partial charge in [-0.15, -0.1) is 0 Å². The molecule has 2 aromatic rings. The lowest BCUT2D eigenvalue weighted by molar-refractivity contribution is -0.384. The van der Waals surface area contributed by atoms with Crippen LogP contribution in [0.3, 0.4) is 0 Å². The maximum atomic E-state index is 13.4. The van der Waals surface area contributed by atoms with Gasteiger partial charge in [0.1, 0.15) is 10.8 Å². The Morgan fingerprint density at radius 3 is 2.70 bits per heavy atom. The van der Waals surface area contributed by atoms with Gasteiger partial charge in [-0.3, -0.25) is 19.7 Å². The van der Waals surface area contributed by atoms with E-state index in [0.717, 1.165) is 6.07 Å². The van der Waals surface area contributed by atoms with Crippen LogP contribution in [0.1, 0.15) is 22.3 Å². The first-order valence-corrected chi connectivity index (χ1v) is 8.05. The molecule has 0 aliphatic heterocycles. The van der Waals surface area contributed by atoms with Crippen LogP contribution in [0.25, 0.3) is 0 Å². The number of nitro benzene ring substituents is 1. The van der Waals surface area contributed by atoms with Gasteiger partial charge in [0.2, 0.25) is 5.91 Å². The monoisotopic (exact) mass is 392 g/mol. The Kier molecular flexibility index (Phi) is 6.95. The molecule has 0 aliphatic carbocycles. The number of carbonyl (C=O) groups excluding carboxylic acids is 2. The zero-order valence-electron chi connectivity index (χ0n) is 13.8. The normalized spacial score (nSPS) is 10.6. The van der Waals surface area contributed by atoms with Crippen molar-refractivity contribution in [3.8, 4) is 0 Å². The molecule has 2 amide bonds. The average Bonchev–Trinajstić information content (AvgIpc) is 2.63. The molecule has 0 aromatic heterocycles. The highest BCUT2D eigenvalue weighted by Crippen LogP contribution is 2.24. The van der Waals surface area contributed by atoms with E-state index in [1.165, 1.54) is 42.6 Å². The number of rotatable bonds is 7. The van der Waals surface area contributed by atoms with E-state index in [1.807, 2.05) is 0 Å². The molecule has 0 radical (unpaired) electrons. The number of hydrogen-bond acceptors (Lipinski definition) is 5. The van der Waals surface area contributed by atoms with E-state index >= 15 is 0 Å². The topological polar surface area (TPSA) is 114 Å². The van der Waals surface area contributed by atoms with Gasteiger partial charge < -0.3 is 5.32 Å². The van der Waals surface area contributed by atoms with Gasteiger partial charge in [-0.25, -0.2) is 9.82 Å². The number of halogens is 2. The van der Waals surface area contributed by atoms with E-state index < -0.39 is 22.6 Å². The summed E-state index contributed by atoms with van der Waals surface area (Å²) >= 11 is 5.70. The quantitative estimate of drug-likeness (QED) is 0.428. The van der Waals surface area contributed by atoms with Gasteiger partial charge in [0.15, 0.2) is 0 Å². The van der Waals surface area contributed by atoms with Crippen LogP contribution in [0.15, 0.2) is 47.6 Å². The minimum Gasteiger partial charge on any atom is -0.351 e. The Morgan fingerprint density at radius 1 is 1.26 bits per heavy atom. The molecular weight excluding hydrogens is 379 g/mol. The second-order valence-corrected chi connectivity index (χ2v) is 5.65. The standard InChI is InChI=1S/C17H14ClFN4O4/c18-13-6-5-11(9-15(13)23(26)27)10-21-22-16(24)7-8-20-17(25)12-3-1-2-4-14(12)19/h1-6,9-10H,7-8H2,(H,20,25)(H,22,24). The lowest BCUT2D eigenvalue weighted by Gasteiger charge is -2.05. The summed E-state index contributed by atoms with van der Waals surface area (Å²) < 4.78 is 13.4. The summed E-state index contributed by atoms with van der Waals surface area (Å²) in [6.07, 6.45) is 1.14. The van der Waals surface area contributed by atoms with Crippen LogP contribution in [0.4, 0.5) is 10.1 Å². The van der Waals surface area contributed by atoms with Crippen LogP contribution < -0.4 is 10.7 Å². The van der Waals surface area contributed by atoms with Crippen LogP contribution >= 0.6 is 11.6 Å². The van der Waals surface area contributed by atoms with Crippen molar-refractivity contribution in [2.24, 2.45) is 5.10 Å². The summed E-state index contributed by atoms with van der Waals surface area (Å²) in [6.45, 7) is -0.0130. The van der Waals surface area contributed by atoms with E-state index in [0.29, 0.717) is 5.56 Å². The Balaban J connectivity index is 1.80. The zero-order valence-corrected chi connectivity index (χ0v) is 14.6. The zero-order chi connectivity index (χ0) is 19.8. The predicted molar refractivity (Wildman–Crippen MR) is 97.2 cm³/mol. The van der Waals surface area contributed by atoms with Crippen LogP contribution in [0.5, 0.6) is 0 Å². The van der Waals surface area contributed by atoms with E-state index in [4.69, 9.17) is 11.6 Å². The number of amides is 2. The largest absolute Gasteiger partial charge is 0.351 e. The lowest BCUT2D eigenvalue weighted by Crippen LogP contribution is -2.29. The third-order valence-corrected chi connectivity index (χ3v) is 3.65. The number of nitrogens with one attached hydrogen (secondary N) is 2. The van der Waals surface area contributed by atoms with Crippen molar-refractivity contribution in [2.45, 2.75) is 6.42 Å². The van der Waals surface area contributed by atoms with Gasteiger partial charge in [-0.1, -0.05) is 29.8 Å². The van der Waals surface area contributed by atoms with Crippen LogP contribution in [0.2, 0.25) is 5.02 Å². The van der Waals surface area contributed by atoms with Crippen LogP contribution in [0, 0.1) is 15.9 Å². The molecule has 10 heteroatoms. The average molecular weight is 393 g/mol. The first-order valence-electron chi connectivity index (χ1n) is 7.67. The third kappa shape index (κ3) is 5.86. The molecular formula is C17H14ClFN4O4. The molecule has 0 bridgehead atoms. The molecule has 0 saturated carbocycles. The number of nitrogens with zero attached hydrogens (tertiary/aromatic N) is 2. The van der Waals surface area contributed by atoms with Crippen molar-refractivity contribution in [1.82, 2.24) is 10.7 Å². The second-order valence-electron chi connectivity index (χ2n) is 5.25. The molecule has 0 atom stereocenters. The molecule has 27 heavy (non-hydrogen) atoms. The fraction of sp³-hybridized carbons (Fsp3) is 0.118. The maximum Gasteiger partial charge on any atom is 0.288 e. The van der Waals surface area contributed by atoms with Gasteiger partial charge >= 0.3 is 0 Å². The Morgan fingerprint density at radius 2 is 2.00 bits per heavy atom. The van der Waals surface area contributed by atoms with Crippen molar-refractivity contribution in [2.75, 3.05) is 6.54 Å². The van der Waals surface area contributed by atoms with Gasteiger partial charge in [0.05, 0.1) is 16.7 Å². The fourth-order valence-electron chi connectivity index (χ4n) is 2.01. The SMILES string of the molecule is O=C(CCNC(=O)c1ccccc1F)NN=Cc1ccc(Cl)c([N+](=O)[O-])c1. The van der Waals surface area contributed by atoms with Crippen molar-refractivity contribution in [1.29, 1.82) is 0 Å². The first kappa shape index (κ1) is 20.0. The Bertz CT molecular complexity index is 904. The predicted octanol–water partition coefficient (Wildman–Crippen LogP) is 2.66. The minimum absolute atomic E-state index is 0.00761. The molecule has 0 unspecified atom stereocenters. The van der Waals surface area contributed by atoms with E-state index in [1.54, 1.807) is 0 Å². The second kappa shape index (κ2) is 9.39. The third-order valence-electron chi connectivity index (χ3n) is 3.33. The van der Waals surface area contributed by atoms with Gasteiger partial charge in [0, 0.05) is 24.6 Å². The van der Waals surface area contributed by atoms with E-state index in [2.05, 4.69) is 15.8 Å². The van der Waals surface area contributed by atoms with Gasteiger partial charge in [-0.05, 0) is 18.2 Å².